The highest BCUT2D eigenvalue weighted by molar-refractivity contribution is 7.89. The zero-order valence-corrected chi connectivity index (χ0v) is 21.2. The molecule has 194 valence electrons. The molecule has 12 nitrogen and oxygen atoms in total. The van der Waals surface area contributed by atoms with Crippen LogP contribution in [-0.2, 0) is 19.5 Å². The second-order valence-electron chi connectivity index (χ2n) is 7.35. The summed E-state index contributed by atoms with van der Waals surface area (Å²) >= 11 is 0. The highest BCUT2D eigenvalue weighted by Crippen LogP contribution is 2.32. The summed E-state index contributed by atoms with van der Waals surface area (Å²) in [7, 11) is 2.22. The number of benzene rings is 2. The topological polar surface area (TPSA) is 142 Å². The number of aromatic nitrogens is 2. The average Bonchev–Trinajstić information content (AvgIpc) is 3.36. The van der Waals surface area contributed by atoms with E-state index in [0.717, 1.165) is 0 Å². The van der Waals surface area contributed by atoms with Gasteiger partial charge in [0.05, 0.1) is 32.3 Å². The first-order chi connectivity index (χ1) is 17.3. The van der Waals surface area contributed by atoms with Crippen molar-refractivity contribution in [1.29, 1.82) is 0 Å². The lowest BCUT2D eigenvalue weighted by Gasteiger charge is -2.21. The number of rotatable bonds is 13. The van der Waals surface area contributed by atoms with Crippen molar-refractivity contribution >= 4 is 21.9 Å². The van der Waals surface area contributed by atoms with E-state index in [4.69, 9.17) is 23.4 Å². The Morgan fingerprint density at radius 2 is 1.56 bits per heavy atom. The van der Waals surface area contributed by atoms with Gasteiger partial charge in [0.25, 0.3) is 5.91 Å². The molecule has 0 spiro atoms. The monoisotopic (exact) mass is 520 g/mol. The minimum atomic E-state index is -3.80. The van der Waals surface area contributed by atoms with Gasteiger partial charge in [0.2, 0.25) is 15.9 Å². The second-order valence-corrected chi connectivity index (χ2v) is 9.29. The van der Waals surface area contributed by atoms with Gasteiger partial charge in [-0.15, -0.1) is 5.10 Å². The van der Waals surface area contributed by atoms with Crippen LogP contribution in [0, 0.1) is 0 Å². The Morgan fingerprint density at radius 3 is 2.14 bits per heavy atom. The fourth-order valence-electron chi connectivity index (χ4n) is 3.19. The highest BCUT2D eigenvalue weighted by Gasteiger charge is 2.24. The summed E-state index contributed by atoms with van der Waals surface area (Å²) in [5, 5.41) is 10.3. The van der Waals surface area contributed by atoms with Crippen molar-refractivity contribution in [2.75, 3.05) is 60.1 Å². The van der Waals surface area contributed by atoms with Crippen molar-refractivity contribution in [1.82, 2.24) is 14.5 Å². The highest BCUT2D eigenvalue weighted by atomic mass is 32.2. The van der Waals surface area contributed by atoms with Gasteiger partial charge in [0.1, 0.15) is 0 Å². The summed E-state index contributed by atoms with van der Waals surface area (Å²) in [6.07, 6.45) is 0. The number of nitrogens with one attached hydrogen (secondary N) is 1. The molecule has 36 heavy (non-hydrogen) atoms. The van der Waals surface area contributed by atoms with Crippen molar-refractivity contribution in [3.05, 3.63) is 48.0 Å². The number of sulfonamides is 1. The molecule has 1 aromatic heterocycles. The summed E-state index contributed by atoms with van der Waals surface area (Å²) < 4.78 is 53.3. The Kier molecular flexibility index (Phi) is 9.36. The van der Waals surface area contributed by atoms with Gasteiger partial charge in [0, 0.05) is 38.4 Å². The fourth-order valence-corrected chi connectivity index (χ4v) is 4.60. The van der Waals surface area contributed by atoms with E-state index in [2.05, 4.69) is 15.5 Å². The lowest BCUT2D eigenvalue weighted by molar-refractivity contribution is 0.102. The largest absolute Gasteiger partial charge is 0.493 e. The summed E-state index contributed by atoms with van der Waals surface area (Å²) in [4.78, 5) is 12.7. The molecule has 1 heterocycles. The SMILES string of the molecule is COCCN(CCOC)S(=O)(=O)c1ccc(C(=O)Nc2nnc(-c3ccc(OC)c(OC)c3)o2)cc1. The molecule has 1 amide bonds. The van der Waals surface area contributed by atoms with E-state index in [1.807, 2.05) is 0 Å². The normalized spacial score (nSPS) is 11.5. The number of nitrogens with zero attached hydrogens (tertiary/aromatic N) is 3. The maximum atomic E-state index is 13.0. The smallest absolute Gasteiger partial charge is 0.322 e. The van der Waals surface area contributed by atoms with Gasteiger partial charge in [0.15, 0.2) is 11.5 Å². The van der Waals surface area contributed by atoms with E-state index < -0.39 is 15.9 Å². The van der Waals surface area contributed by atoms with E-state index in [1.165, 1.54) is 57.0 Å². The van der Waals surface area contributed by atoms with Gasteiger partial charge >= 0.3 is 6.01 Å². The molecule has 3 aromatic rings. The number of hydrogen-bond donors (Lipinski definition) is 1. The third-order valence-corrected chi connectivity index (χ3v) is 7.03. The lowest BCUT2D eigenvalue weighted by atomic mass is 10.2. The Bertz CT molecular complexity index is 1250. The summed E-state index contributed by atoms with van der Waals surface area (Å²) in [6.45, 7) is 0.811. The Hall–Kier alpha value is -3.52. The van der Waals surface area contributed by atoms with Crippen LogP contribution in [0.15, 0.2) is 51.8 Å². The number of hydrogen-bond acceptors (Lipinski definition) is 10. The molecule has 0 atom stereocenters. The molecule has 0 aliphatic carbocycles. The minimum absolute atomic E-state index is 0.0415. The van der Waals surface area contributed by atoms with Crippen LogP contribution >= 0.6 is 0 Å². The van der Waals surface area contributed by atoms with Crippen LogP contribution in [-0.4, -0.2) is 83.6 Å². The van der Waals surface area contributed by atoms with Crippen LogP contribution < -0.4 is 14.8 Å². The fraction of sp³-hybridized carbons (Fsp3) is 0.348. The third-order valence-electron chi connectivity index (χ3n) is 5.12. The van der Waals surface area contributed by atoms with E-state index >= 15 is 0 Å². The molecule has 1 N–H and O–H groups in total. The van der Waals surface area contributed by atoms with E-state index in [-0.39, 0.29) is 48.7 Å². The van der Waals surface area contributed by atoms with Crippen molar-refractivity contribution in [3.8, 4) is 23.0 Å². The summed E-state index contributed by atoms with van der Waals surface area (Å²) in [5.74, 6) is 0.647. The average molecular weight is 521 g/mol. The van der Waals surface area contributed by atoms with Gasteiger partial charge in [-0.05, 0) is 42.5 Å². The zero-order chi connectivity index (χ0) is 26.1. The molecule has 0 unspecified atom stereocenters. The number of amides is 1. The van der Waals surface area contributed by atoms with Gasteiger partial charge in [-0.3, -0.25) is 10.1 Å². The summed E-state index contributed by atoms with van der Waals surface area (Å²) in [5.41, 5.74) is 0.779. The molecule has 0 aliphatic heterocycles. The van der Waals surface area contributed by atoms with Crippen LogP contribution in [0.2, 0.25) is 0 Å². The van der Waals surface area contributed by atoms with Crippen LogP contribution in [0.3, 0.4) is 0 Å². The first-order valence-electron chi connectivity index (χ1n) is 10.8. The van der Waals surface area contributed by atoms with Gasteiger partial charge in [-0.2, -0.15) is 4.31 Å². The number of carbonyl (C=O) groups excluding carboxylic acids is 1. The number of ether oxygens (including phenoxy) is 4. The van der Waals surface area contributed by atoms with Crippen LogP contribution in [0.5, 0.6) is 11.5 Å². The van der Waals surface area contributed by atoms with Crippen molar-refractivity contribution < 1.29 is 36.6 Å². The molecule has 0 saturated carbocycles. The van der Waals surface area contributed by atoms with Gasteiger partial charge in [-0.25, -0.2) is 8.42 Å². The maximum absolute atomic E-state index is 13.0. The standard InChI is InChI=1S/C23H28N4O8S/c1-31-13-11-27(12-14-32-2)36(29,30)18-8-5-16(6-9-18)21(28)24-23-26-25-22(35-23)17-7-10-19(33-3)20(15-17)34-4/h5-10,15H,11-14H2,1-4H3,(H,24,26,28). The number of carbonyl (C=O) groups is 1. The predicted octanol–water partition coefficient (Wildman–Crippen LogP) is 2.29. The Morgan fingerprint density at radius 1 is 0.917 bits per heavy atom. The maximum Gasteiger partial charge on any atom is 0.322 e. The van der Waals surface area contributed by atoms with E-state index in [1.54, 1.807) is 18.2 Å². The Labute approximate surface area is 209 Å². The molecular formula is C23H28N4O8S. The summed E-state index contributed by atoms with van der Waals surface area (Å²) in [6, 6.07) is 10.5. The first-order valence-corrected chi connectivity index (χ1v) is 12.2. The molecule has 0 aliphatic rings. The van der Waals surface area contributed by atoms with Crippen molar-refractivity contribution in [2.45, 2.75) is 4.90 Å². The quantitative estimate of drug-likeness (QED) is 0.357. The molecule has 13 heteroatoms. The molecular weight excluding hydrogens is 492 g/mol. The molecule has 0 saturated heterocycles. The van der Waals surface area contributed by atoms with Crippen molar-refractivity contribution in [3.63, 3.8) is 0 Å². The van der Waals surface area contributed by atoms with Gasteiger partial charge < -0.3 is 23.4 Å². The second kappa shape index (κ2) is 12.4. The van der Waals surface area contributed by atoms with E-state index in [9.17, 15) is 13.2 Å². The van der Waals surface area contributed by atoms with Crippen molar-refractivity contribution in [2.24, 2.45) is 0 Å². The predicted molar refractivity (Wildman–Crippen MR) is 130 cm³/mol. The lowest BCUT2D eigenvalue weighted by Crippen LogP contribution is -2.36. The van der Waals surface area contributed by atoms with Crippen LogP contribution in [0.4, 0.5) is 6.01 Å². The van der Waals surface area contributed by atoms with Crippen LogP contribution in [0.25, 0.3) is 11.5 Å². The minimum Gasteiger partial charge on any atom is -0.493 e. The molecule has 2 aromatic carbocycles. The van der Waals surface area contributed by atoms with Gasteiger partial charge in [-0.1, -0.05) is 5.10 Å². The molecule has 0 bridgehead atoms. The zero-order valence-electron chi connectivity index (χ0n) is 20.4. The molecule has 0 radical (unpaired) electrons. The van der Waals surface area contributed by atoms with Crippen LogP contribution in [0.1, 0.15) is 10.4 Å². The first kappa shape index (κ1) is 27.1. The third kappa shape index (κ3) is 6.37. The van der Waals surface area contributed by atoms with E-state index in [0.29, 0.717) is 17.1 Å². The number of methoxy groups -OCH3 is 4. The Balaban J connectivity index is 1.71. The molecule has 3 rings (SSSR count). The number of anilines is 1. The molecule has 0 fully saturated rings.